The van der Waals surface area contributed by atoms with Crippen molar-refractivity contribution in [2.24, 2.45) is 0 Å². The van der Waals surface area contributed by atoms with Crippen molar-refractivity contribution < 1.29 is 19.8 Å². The molecule has 0 fully saturated rings. The minimum atomic E-state index is -0.666. The van der Waals surface area contributed by atoms with Crippen LogP contribution < -0.4 is 0 Å². The molecule has 0 aliphatic carbocycles. The maximum Gasteiger partial charge on any atom is 0.303 e. The predicted molar refractivity (Wildman–Crippen MR) is 133 cm³/mol. The van der Waals surface area contributed by atoms with Crippen molar-refractivity contribution in [1.82, 2.24) is 0 Å². The van der Waals surface area contributed by atoms with Gasteiger partial charge in [0.25, 0.3) is 0 Å². The lowest BCUT2D eigenvalue weighted by Gasteiger charge is -2.03. The fraction of sp³-hybridized carbons (Fsp3) is 0.926. The quantitative estimate of drug-likeness (QED) is 0.155. The highest BCUT2D eigenvalue weighted by atomic mass is 16.4. The van der Waals surface area contributed by atoms with Crippen LogP contribution in [0, 0.1) is 0 Å². The molecule has 0 saturated carbocycles. The molecule has 186 valence electrons. The number of carboxylic acids is 2. The molecule has 0 aromatic rings. The van der Waals surface area contributed by atoms with Crippen molar-refractivity contribution in [1.29, 1.82) is 0 Å². The molecule has 2 N–H and O–H groups in total. The van der Waals surface area contributed by atoms with Gasteiger partial charge >= 0.3 is 11.9 Å². The van der Waals surface area contributed by atoms with Gasteiger partial charge in [-0.1, -0.05) is 136 Å². The lowest BCUT2D eigenvalue weighted by molar-refractivity contribution is -0.138. The van der Waals surface area contributed by atoms with Crippen LogP contribution in [0.15, 0.2) is 0 Å². The predicted octanol–water partition coefficient (Wildman–Crippen LogP) is 9.15. The fourth-order valence-corrected chi connectivity index (χ4v) is 3.70. The third kappa shape index (κ3) is 36.6. The summed E-state index contributed by atoms with van der Waals surface area (Å²) in [5, 5.41) is 16.8. The largest absolute Gasteiger partial charge is 0.481 e. The summed E-state index contributed by atoms with van der Waals surface area (Å²) in [4.78, 5) is 20.4. The fourth-order valence-electron chi connectivity index (χ4n) is 3.70. The summed E-state index contributed by atoms with van der Waals surface area (Å²) in [5.41, 5.74) is 0. The van der Waals surface area contributed by atoms with E-state index in [2.05, 4.69) is 13.8 Å². The summed E-state index contributed by atoms with van der Waals surface area (Å²) in [6, 6.07) is 0. The minimum absolute atomic E-state index is 0.339. The van der Waals surface area contributed by atoms with Gasteiger partial charge in [-0.25, -0.2) is 0 Å². The van der Waals surface area contributed by atoms with Gasteiger partial charge in [-0.05, 0) is 12.8 Å². The summed E-state index contributed by atoms with van der Waals surface area (Å²) in [5.74, 6) is -1.32. The van der Waals surface area contributed by atoms with Crippen LogP contribution in [0.5, 0.6) is 0 Å². The van der Waals surface area contributed by atoms with Crippen LogP contribution >= 0.6 is 0 Å². The molecule has 0 aliphatic rings. The first-order chi connectivity index (χ1) is 15.0. The highest BCUT2D eigenvalue weighted by Crippen LogP contribution is 2.13. The number of aliphatic carboxylic acids is 2. The topological polar surface area (TPSA) is 74.6 Å². The molecule has 0 aromatic heterocycles. The van der Waals surface area contributed by atoms with Crippen LogP contribution in [0.1, 0.15) is 162 Å². The molecule has 0 aromatic carbocycles. The van der Waals surface area contributed by atoms with Crippen LogP contribution in [0.3, 0.4) is 0 Å². The standard InChI is InChI=1S/C18H36O2.C9H18O2/c1-2-3-4-5-6-7-8-9-10-11-12-13-14-15-16-17-18(19)20;1-2-3-4-5-6-7-8-9(10)11/h2-17H2,1H3,(H,19,20);2-8H2,1H3,(H,10,11). The van der Waals surface area contributed by atoms with E-state index in [0.717, 1.165) is 25.7 Å². The third-order valence-corrected chi connectivity index (χ3v) is 5.74. The second-order valence-corrected chi connectivity index (χ2v) is 9.00. The van der Waals surface area contributed by atoms with E-state index in [1.807, 2.05) is 0 Å². The molecule has 0 heterocycles. The first-order valence-electron chi connectivity index (χ1n) is 13.5. The lowest BCUT2D eigenvalue weighted by Crippen LogP contribution is -1.93. The van der Waals surface area contributed by atoms with Crippen LogP contribution in [-0.2, 0) is 9.59 Å². The minimum Gasteiger partial charge on any atom is -0.481 e. The van der Waals surface area contributed by atoms with E-state index in [4.69, 9.17) is 10.2 Å². The molecule has 4 heteroatoms. The van der Waals surface area contributed by atoms with Crippen molar-refractivity contribution in [2.75, 3.05) is 0 Å². The van der Waals surface area contributed by atoms with Gasteiger partial charge in [-0.2, -0.15) is 0 Å². The third-order valence-electron chi connectivity index (χ3n) is 5.74. The van der Waals surface area contributed by atoms with E-state index in [-0.39, 0.29) is 0 Å². The summed E-state index contributed by atoms with van der Waals surface area (Å²) in [6.07, 6.45) is 27.4. The smallest absolute Gasteiger partial charge is 0.303 e. The molecule has 0 atom stereocenters. The zero-order chi connectivity index (χ0) is 23.4. The molecule has 0 unspecified atom stereocenters. The van der Waals surface area contributed by atoms with Crippen LogP contribution in [0.4, 0.5) is 0 Å². The Labute approximate surface area is 193 Å². The van der Waals surface area contributed by atoms with E-state index in [1.54, 1.807) is 0 Å². The van der Waals surface area contributed by atoms with Gasteiger partial charge in [-0.15, -0.1) is 0 Å². The Bertz CT molecular complexity index is 368. The molecule has 0 bridgehead atoms. The Morgan fingerprint density at radius 3 is 0.774 bits per heavy atom. The van der Waals surface area contributed by atoms with Gasteiger partial charge in [-0.3, -0.25) is 9.59 Å². The number of carboxylic acid groups (broad SMARTS) is 2. The van der Waals surface area contributed by atoms with Gasteiger partial charge in [0.1, 0.15) is 0 Å². The van der Waals surface area contributed by atoms with Crippen LogP contribution in [0.2, 0.25) is 0 Å². The SMILES string of the molecule is CCCCCCCCC(=O)O.CCCCCCCCCCCCCCCCCC(=O)O. The van der Waals surface area contributed by atoms with E-state index in [9.17, 15) is 9.59 Å². The van der Waals surface area contributed by atoms with Crippen LogP contribution in [0.25, 0.3) is 0 Å². The van der Waals surface area contributed by atoms with Gasteiger partial charge < -0.3 is 10.2 Å². The second kappa shape index (κ2) is 28.9. The van der Waals surface area contributed by atoms with Crippen LogP contribution in [-0.4, -0.2) is 22.2 Å². The van der Waals surface area contributed by atoms with E-state index in [1.165, 1.54) is 109 Å². The molecule has 31 heavy (non-hydrogen) atoms. The monoisotopic (exact) mass is 442 g/mol. The van der Waals surface area contributed by atoms with Crippen molar-refractivity contribution in [2.45, 2.75) is 162 Å². The van der Waals surface area contributed by atoms with Gasteiger partial charge in [0.05, 0.1) is 0 Å². The number of unbranched alkanes of at least 4 members (excludes halogenated alkanes) is 19. The van der Waals surface area contributed by atoms with Crippen molar-refractivity contribution in [3.63, 3.8) is 0 Å². The average molecular weight is 443 g/mol. The zero-order valence-electron chi connectivity index (χ0n) is 21.0. The Balaban J connectivity index is 0. The normalized spacial score (nSPS) is 10.5. The highest BCUT2D eigenvalue weighted by Gasteiger charge is 1.97. The molecule has 0 rings (SSSR count). The number of hydrogen-bond donors (Lipinski definition) is 2. The lowest BCUT2D eigenvalue weighted by atomic mass is 10.0. The van der Waals surface area contributed by atoms with E-state index >= 15 is 0 Å². The van der Waals surface area contributed by atoms with E-state index < -0.39 is 11.9 Å². The zero-order valence-corrected chi connectivity index (χ0v) is 21.0. The van der Waals surface area contributed by atoms with E-state index in [0.29, 0.717) is 12.8 Å². The molecule has 0 amide bonds. The Morgan fingerprint density at radius 1 is 0.387 bits per heavy atom. The number of rotatable bonds is 23. The number of hydrogen-bond acceptors (Lipinski definition) is 2. The van der Waals surface area contributed by atoms with Crippen molar-refractivity contribution in [3.8, 4) is 0 Å². The Kier molecular flexibility index (Phi) is 30.0. The van der Waals surface area contributed by atoms with Gasteiger partial charge in [0.15, 0.2) is 0 Å². The molecule has 0 radical (unpaired) electrons. The highest BCUT2D eigenvalue weighted by molar-refractivity contribution is 5.66. The Hall–Kier alpha value is -1.06. The first kappa shape index (κ1) is 32.1. The molecule has 0 saturated heterocycles. The first-order valence-corrected chi connectivity index (χ1v) is 13.5. The molecule has 0 aliphatic heterocycles. The van der Waals surface area contributed by atoms with Gasteiger partial charge in [0, 0.05) is 12.8 Å². The Morgan fingerprint density at radius 2 is 0.581 bits per heavy atom. The molecule has 0 spiro atoms. The molecule has 4 nitrogen and oxygen atoms in total. The number of carbonyl (C=O) groups is 2. The van der Waals surface area contributed by atoms with Crippen molar-refractivity contribution in [3.05, 3.63) is 0 Å². The molecular formula is C27H54O4. The van der Waals surface area contributed by atoms with Crippen molar-refractivity contribution >= 4 is 11.9 Å². The summed E-state index contributed by atoms with van der Waals surface area (Å²) < 4.78 is 0. The molecular weight excluding hydrogens is 388 g/mol. The second-order valence-electron chi connectivity index (χ2n) is 9.00. The summed E-state index contributed by atoms with van der Waals surface area (Å²) in [7, 11) is 0. The maximum atomic E-state index is 10.3. The average Bonchev–Trinajstić information content (AvgIpc) is 2.73. The van der Waals surface area contributed by atoms with Gasteiger partial charge in [0.2, 0.25) is 0 Å². The summed E-state index contributed by atoms with van der Waals surface area (Å²) in [6.45, 7) is 4.45. The summed E-state index contributed by atoms with van der Waals surface area (Å²) >= 11 is 0. The maximum absolute atomic E-state index is 10.3.